The fourth-order valence-corrected chi connectivity index (χ4v) is 2.14. The zero-order chi connectivity index (χ0) is 12.0. The Bertz CT molecular complexity index is 449. The number of hydrogen-bond acceptors (Lipinski definition) is 4. The highest BCUT2D eigenvalue weighted by Gasteiger charge is 2.38. The Kier molecular flexibility index (Phi) is 2.35. The lowest BCUT2D eigenvalue weighted by molar-refractivity contribution is 0.137. The monoisotopic (exact) mass is 233 g/mol. The highest BCUT2D eigenvalue weighted by molar-refractivity contribution is 6.62. The van der Waals surface area contributed by atoms with E-state index in [-0.39, 0.29) is 12.7 Å². The first-order chi connectivity index (χ1) is 8.05. The van der Waals surface area contributed by atoms with Crippen LogP contribution in [0.5, 0.6) is 5.75 Å². The largest absolute Gasteiger partial charge is 0.494 e. The number of anilines is 1. The number of hydrogen-bond donors (Lipinski definition) is 0. The molecule has 1 aromatic carbocycles. The molecule has 0 aromatic heterocycles. The van der Waals surface area contributed by atoms with Gasteiger partial charge in [0.1, 0.15) is 5.75 Å². The number of benzene rings is 1. The van der Waals surface area contributed by atoms with Crippen molar-refractivity contribution in [2.75, 3.05) is 25.3 Å². The van der Waals surface area contributed by atoms with Crippen molar-refractivity contribution in [3.63, 3.8) is 0 Å². The van der Waals surface area contributed by atoms with Crippen LogP contribution in [0.25, 0.3) is 0 Å². The van der Waals surface area contributed by atoms with Crippen molar-refractivity contribution < 1.29 is 14.0 Å². The molecule has 0 radical (unpaired) electrons. The molecule has 0 aliphatic carbocycles. The van der Waals surface area contributed by atoms with Crippen LogP contribution in [0.1, 0.15) is 13.8 Å². The van der Waals surface area contributed by atoms with Crippen molar-refractivity contribution in [3.8, 4) is 5.75 Å². The van der Waals surface area contributed by atoms with Gasteiger partial charge in [0.2, 0.25) is 0 Å². The van der Waals surface area contributed by atoms with Crippen LogP contribution < -0.4 is 15.1 Å². The second kappa shape index (κ2) is 3.65. The Labute approximate surface area is 102 Å². The van der Waals surface area contributed by atoms with Gasteiger partial charge in [-0.25, -0.2) is 0 Å². The smallest absolute Gasteiger partial charge is 0.471 e. The van der Waals surface area contributed by atoms with Crippen molar-refractivity contribution in [1.29, 1.82) is 0 Å². The van der Waals surface area contributed by atoms with Crippen LogP contribution in [0.15, 0.2) is 18.2 Å². The minimum absolute atomic E-state index is 0.202. The first-order valence-electron chi connectivity index (χ1n) is 5.82. The van der Waals surface area contributed by atoms with Gasteiger partial charge in [0.15, 0.2) is 6.73 Å². The minimum Gasteiger partial charge on any atom is -0.471 e. The van der Waals surface area contributed by atoms with Gasteiger partial charge in [-0.1, -0.05) is 6.07 Å². The SMILES string of the molecule is CN1COc2ccc(B3OCC(C)(C)O3)cc21. The number of ether oxygens (including phenoxy) is 1. The van der Waals surface area contributed by atoms with Gasteiger partial charge in [-0.2, -0.15) is 0 Å². The normalized spacial score (nSPS) is 21.6. The van der Waals surface area contributed by atoms with E-state index in [4.69, 9.17) is 14.0 Å². The molecule has 5 heteroatoms. The molecule has 2 aliphatic heterocycles. The maximum atomic E-state index is 5.85. The van der Waals surface area contributed by atoms with Crippen molar-refractivity contribution in [2.24, 2.45) is 0 Å². The van der Waals surface area contributed by atoms with Crippen LogP contribution in [0, 0.1) is 0 Å². The molecular formula is C12H16BNO3. The van der Waals surface area contributed by atoms with E-state index in [2.05, 4.69) is 11.0 Å². The third-order valence-corrected chi connectivity index (χ3v) is 3.09. The zero-order valence-electron chi connectivity index (χ0n) is 10.4. The van der Waals surface area contributed by atoms with Crippen LogP contribution in [-0.4, -0.2) is 33.1 Å². The summed E-state index contributed by atoms with van der Waals surface area (Å²) in [6.07, 6.45) is 0. The molecule has 0 atom stereocenters. The number of rotatable bonds is 1. The molecule has 0 spiro atoms. The third kappa shape index (κ3) is 1.89. The Morgan fingerprint density at radius 1 is 1.35 bits per heavy atom. The van der Waals surface area contributed by atoms with Crippen LogP contribution in [-0.2, 0) is 9.31 Å². The summed E-state index contributed by atoms with van der Waals surface area (Å²) in [6.45, 7) is 5.31. The van der Waals surface area contributed by atoms with Gasteiger partial charge in [0.25, 0.3) is 0 Å². The molecule has 0 unspecified atom stereocenters. The molecule has 1 aromatic rings. The molecule has 0 N–H and O–H groups in total. The molecule has 1 saturated heterocycles. The highest BCUT2D eigenvalue weighted by Crippen LogP contribution is 2.32. The average molecular weight is 233 g/mol. The summed E-state index contributed by atoms with van der Waals surface area (Å²) in [7, 11) is 1.75. The van der Waals surface area contributed by atoms with Gasteiger partial charge in [0, 0.05) is 7.05 Å². The zero-order valence-corrected chi connectivity index (χ0v) is 10.4. The fourth-order valence-electron chi connectivity index (χ4n) is 2.14. The average Bonchev–Trinajstić information content (AvgIpc) is 2.83. The number of nitrogens with zero attached hydrogens (tertiary/aromatic N) is 1. The van der Waals surface area contributed by atoms with E-state index in [1.54, 1.807) is 0 Å². The van der Waals surface area contributed by atoms with E-state index >= 15 is 0 Å². The topological polar surface area (TPSA) is 30.9 Å². The fraction of sp³-hybridized carbons (Fsp3) is 0.500. The van der Waals surface area contributed by atoms with Gasteiger partial charge < -0.3 is 18.9 Å². The molecule has 4 nitrogen and oxygen atoms in total. The van der Waals surface area contributed by atoms with E-state index < -0.39 is 0 Å². The summed E-state index contributed by atoms with van der Waals surface area (Å²) in [4.78, 5) is 2.07. The molecular weight excluding hydrogens is 217 g/mol. The molecule has 0 saturated carbocycles. The quantitative estimate of drug-likeness (QED) is 0.677. The van der Waals surface area contributed by atoms with Crippen molar-refractivity contribution in [2.45, 2.75) is 19.4 Å². The third-order valence-electron chi connectivity index (χ3n) is 3.09. The molecule has 1 fully saturated rings. The molecule has 90 valence electrons. The lowest BCUT2D eigenvalue weighted by atomic mass is 9.79. The molecule has 2 heterocycles. The minimum atomic E-state index is -0.260. The maximum Gasteiger partial charge on any atom is 0.494 e. The second-order valence-electron chi connectivity index (χ2n) is 5.22. The molecule has 0 bridgehead atoms. The molecule has 2 aliphatic rings. The van der Waals surface area contributed by atoms with Gasteiger partial charge in [-0.15, -0.1) is 0 Å². The van der Waals surface area contributed by atoms with Crippen LogP contribution >= 0.6 is 0 Å². The molecule has 0 amide bonds. The van der Waals surface area contributed by atoms with Crippen molar-refractivity contribution in [3.05, 3.63) is 18.2 Å². The summed E-state index contributed by atoms with van der Waals surface area (Å²) in [5.41, 5.74) is 1.94. The summed E-state index contributed by atoms with van der Waals surface area (Å²) in [5.74, 6) is 0.925. The van der Waals surface area contributed by atoms with Crippen LogP contribution in [0.2, 0.25) is 0 Å². The Balaban J connectivity index is 1.88. The second-order valence-corrected chi connectivity index (χ2v) is 5.22. The van der Waals surface area contributed by atoms with Gasteiger partial charge in [-0.05, 0) is 31.4 Å². The summed E-state index contributed by atoms with van der Waals surface area (Å²) in [5, 5.41) is 0. The predicted octanol–water partition coefficient (Wildman–Crippen LogP) is 0.993. The van der Waals surface area contributed by atoms with Crippen molar-refractivity contribution >= 4 is 18.3 Å². The Morgan fingerprint density at radius 3 is 2.88 bits per heavy atom. The summed E-state index contributed by atoms with van der Waals surface area (Å²) in [6, 6.07) is 6.06. The maximum absolute atomic E-state index is 5.85. The lowest BCUT2D eigenvalue weighted by Gasteiger charge is -2.16. The van der Waals surface area contributed by atoms with Gasteiger partial charge in [-0.3, -0.25) is 0 Å². The van der Waals surface area contributed by atoms with E-state index in [1.807, 2.05) is 33.0 Å². The first-order valence-corrected chi connectivity index (χ1v) is 5.82. The van der Waals surface area contributed by atoms with E-state index in [1.165, 1.54) is 0 Å². The Hall–Kier alpha value is -1.20. The predicted molar refractivity (Wildman–Crippen MR) is 66.8 cm³/mol. The lowest BCUT2D eigenvalue weighted by Crippen LogP contribution is -2.34. The highest BCUT2D eigenvalue weighted by atomic mass is 16.7. The van der Waals surface area contributed by atoms with E-state index in [9.17, 15) is 0 Å². The van der Waals surface area contributed by atoms with Crippen LogP contribution in [0.3, 0.4) is 0 Å². The summed E-state index contributed by atoms with van der Waals surface area (Å²) >= 11 is 0. The van der Waals surface area contributed by atoms with Gasteiger partial charge >= 0.3 is 7.12 Å². The first kappa shape index (κ1) is 10.9. The summed E-state index contributed by atoms with van der Waals surface area (Å²) < 4.78 is 17.0. The van der Waals surface area contributed by atoms with Crippen molar-refractivity contribution in [1.82, 2.24) is 0 Å². The Morgan fingerprint density at radius 2 is 2.18 bits per heavy atom. The molecule has 3 rings (SSSR count). The molecule has 17 heavy (non-hydrogen) atoms. The number of fused-ring (bicyclic) bond motifs is 1. The van der Waals surface area contributed by atoms with E-state index in [0.717, 1.165) is 16.9 Å². The van der Waals surface area contributed by atoms with E-state index in [0.29, 0.717) is 13.3 Å². The van der Waals surface area contributed by atoms with Crippen LogP contribution in [0.4, 0.5) is 5.69 Å². The van der Waals surface area contributed by atoms with Gasteiger partial charge in [0.05, 0.1) is 17.9 Å². The standard InChI is InChI=1S/C12H16BNO3/c1-12(2)7-16-13(17-12)9-4-5-11-10(6-9)14(3)8-15-11/h4-6H,7-8H2,1-3H3.